The van der Waals surface area contributed by atoms with Gasteiger partial charge in [-0.3, -0.25) is 9.59 Å². The van der Waals surface area contributed by atoms with Gasteiger partial charge >= 0.3 is 0 Å². The van der Waals surface area contributed by atoms with Crippen LogP contribution in [0, 0.1) is 17.8 Å². The molecule has 0 saturated carbocycles. The van der Waals surface area contributed by atoms with Gasteiger partial charge in [-0.15, -0.1) is 0 Å². The van der Waals surface area contributed by atoms with Crippen molar-refractivity contribution in [3.63, 3.8) is 0 Å². The second-order valence-electron chi connectivity index (χ2n) is 9.38. The fraction of sp³-hybridized carbons (Fsp3) is 0.793. The third kappa shape index (κ3) is 13.6. The summed E-state index contributed by atoms with van der Waals surface area (Å²) < 4.78 is 6.25. The van der Waals surface area contributed by atoms with Gasteiger partial charge in [0, 0.05) is 31.6 Å². The molecular weight excluding hydrogens is 410 g/mol. The number of ketones is 1. The van der Waals surface area contributed by atoms with Gasteiger partial charge in [0.05, 0.1) is 5.92 Å². The number of carbonyl (C=O) groups excluding carboxylic acids is 2. The normalized spacial score (nSPS) is 17.5. The summed E-state index contributed by atoms with van der Waals surface area (Å²) in [4.78, 5) is 24.4. The molecule has 188 valence electrons. The minimum atomic E-state index is -0.181. The number of ether oxygens (including phenoxy) is 1. The van der Waals surface area contributed by atoms with E-state index in [9.17, 15) is 9.59 Å². The van der Waals surface area contributed by atoms with E-state index in [1.807, 2.05) is 0 Å². The van der Waals surface area contributed by atoms with Crippen molar-refractivity contribution in [1.29, 1.82) is 0 Å². The molecule has 0 aromatic heterocycles. The summed E-state index contributed by atoms with van der Waals surface area (Å²) in [6.07, 6.45) is 18.5. The number of amides is 1. The molecule has 1 N–H and O–H groups in total. The molecule has 1 aliphatic rings. The number of unbranched alkanes of at least 4 members (excludes halogenated alkanes) is 10. The second kappa shape index (κ2) is 19.8. The monoisotopic (exact) mass is 459 g/mol. The maximum Gasteiger partial charge on any atom is 0.219 e. The molecule has 0 aromatic carbocycles. The molecule has 2 atom stereocenters. The Balaban J connectivity index is 2.50. The quantitative estimate of drug-likeness (QED) is 0.168. The zero-order valence-electron chi connectivity index (χ0n) is 21.7. The van der Waals surface area contributed by atoms with Gasteiger partial charge in [0.2, 0.25) is 5.91 Å². The molecule has 0 spiro atoms. The van der Waals surface area contributed by atoms with Crippen LogP contribution in [0.5, 0.6) is 0 Å². The van der Waals surface area contributed by atoms with Crippen molar-refractivity contribution in [1.82, 2.24) is 5.32 Å². The van der Waals surface area contributed by atoms with Crippen molar-refractivity contribution in [2.24, 2.45) is 5.92 Å². The van der Waals surface area contributed by atoms with E-state index in [1.165, 1.54) is 44.9 Å². The largest absolute Gasteiger partial charge is 0.372 e. The van der Waals surface area contributed by atoms with Crippen LogP contribution in [0.2, 0.25) is 0 Å². The standard InChI is InChI=1S/C29H49NO3/c1-4-7-9-11-13-15-19-25-24-27(31)26(20-16-12-10-8-5-2)29(25)33-23-18-14-17-21-28(32)30-22-6-3/h24,26,29H,4-14,16-18,20-23H2,1-3H3,(H,30,32). The van der Waals surface area contributed by atoms with E-state index in [4.69, 9.17) is 4.74 Å². The second-order valence-corrected chi connectivity index (χ2v) is 9.38. The van der Waals surface area contributed by atoms with Gasteiger partial charge < -0.3 is 10.1 Å². The molecule has 1 aliphatic carbocycles. The van der Waals surface area contributed by atoms with Crippen LogP contribution >= 0.6 is 0 Å². The fourth-order valence-corrected chi connectivity index (χ4v) is 4.22. The van der Waals surface area contributed by atoms with Gasteiger partial charge in [-0.25, -0.2) is 0 Å². The molecule has 1 amide bonds. The Bertz CT molecular complexity index is 629. The van der Waals surface area contributed by atoms with Crippen LogP contribution < -0.4 is 5.32 Å². The van der Waals surface area contributed by atoms with Crippen molar-refractivity contribution >= 4 is 11.7 Å². The first-order chi connectivity index (χ1) is 16.1. The average molecular weight is 460 g/mol. The minimum Gasteiger partial charge on any atom is -0.372 e. The highest BCUT2D eigenvalue weighted by atomic mass is 16.5. The summed E-state index contributed by atoms with van der Waals surface area (Å²) in [5, 5.41) is 2.92. The van der Waals surface area contributed by atoms with Crippen LogP contribution in [0.3, 0.4) is 0 Å². The van der Waals surface area contributed by atoms with Crippen LogP contribution in [0.25, 0.3) is 0 Å². The zero-order valence-corrected chi connectivity index (χ0v) is 21.7. The maximum absolute atomic E-state index is 12.7. The lowest BCUT2D eigenvalue weighted by atomic mass is 9.93. The number of nitrogens with one attached hydrogen (secondary N) is 1. The third-order valence-corrected chi connectivity index (χ3v) is 6.26. The molecule has 0 aliphatic heterocycles. The van der Waals surface area contributed by atoms with Crippen LogP contribution in [-0.2, 0) is 14.3 Å². The Hall–Kier alpha value is -1.60. The maximum atomic E-state index is 12.7. The summed E-state index contributed by atoms with van der Waals surface area (Å²) >= 11 is 0. The Morgan fingerprint density at radius 1 is 0.909 bits per heavy atom. The van der Waals surface area contributed by atoms with Crippen molar-refractivity contribution in [2.75, 3.05) is 13.2 Å². The summed E-state index contributed by atoms with van der Waals surface area (Å²) in [7, 11) is 0. The first-order valence-electron chi connectivity index (χ1n) is 13.8. The first-order valence-corrected chi connectivity index (χ1v) is 13.8. The molecular formula is C29H49NO3. The molecule has 4 nitrogen and oxygen atoms in total. The van der Waals surface area contributed by atoms with E-state index in [0.717, 1.165) is 63.5 Å². The van der Waals surface area contributed by atoms with Crippen LogP contribution in [0.4, 0.5) is 0 Å². The molecule has 0 aromatic rings. The Morgan fingerprint density at radius 3 is 2.33 bits per heavy atom. The smallest absolute Gasteiger partial charge is 0.219 e. The molecule has 33 heavy (non-hydrogen) atoms. The fourth-order valence-electron chi connectivity index (χ4n) is 4.22. The Labute approximate surface area is 203 Å². The average Bonchev–Trinajstić information content (AvgIpc) is 3.11. The molecule has 0 saturated heterocycles. The molecule has 0 fully saturated rings. The lowest BCUT2D eigenvalue weighted by molar-refractivity contribution is -0.122. The van der Waals surface area contributed by atoms with Crippen molar-refractivity contribution in [3.8, 4) is 11.8 Å². The van der Waals surface area contributed by atoms with E-state index < -0.39 is 0 Å². The Morgan fingerprint density at radius 2 is 1.61 bits per heavy atom. The number of allylic oxidation sites excluding steroid dienone is 1. The van der Waals surface area contributed by atoms with E-state index in [2.05, 4.69) is 37.9 Å². The number of rotatable bonds is 19. The molecule has 0 radical (unpaired) electrons. The predicted molar refractivity (Wildman–Crippen MR) is 138 cm³/mol. The highest BCUT2D eigenvalue weighted by molar-refractivity contribution is 5.97. The van der Waals surface area contributed by atoms with E-state index in [0.29, 0.717) is 13.0 Å². The summed E-state index contributed by atoms with van der Waals surface area (Å²) in [6.45, 7) is 7.87. The van der Waals surface area contributed by atoms with Gasteiger partial charge in [0.1, 0.15) is 6.10 Å². The predicted octanol–water partition coefficient (Wildman–Crippen LogP) is 6.92. The van der Waals surface area contributed by atoms with Crippen molar-refractivity contribution in [2.45, 2.75) is 130 Å². The van der Waals surface area contributed by atoms with Crippen molar-refractivity contribution in [3.05, 3.63) is 11.6 Å². The summed E-state index contributed by atoms with van der Waals surface area (Å²) in [6, 6.07) is 0. The van der Waals surface area contributed by atoms with Gasteiger partial charge in [-0.1, -0.05) is 90.4 Å². The molecule has 0 bridgehead atoms. The van der Waals surface area contributed by atoms with Crippen LogP contribution in [-0.4, -0.2) is 30.9 Å². The lowest BCUT2D eigenvalue weighted by Gasteiger charge is -2.21. The first kappa shape index (κ1) is 29.4. The van der Waals surface area contributed by atoms with Crippen molar-refractivity contribution < 1.29 is 14.3 Å². The van der Waals surface area contributed by atoms with Gasteiger partial charge in [0.25, 0.3) is 0 Å². The van der Waals surface area contributed by atoms with E-state index in [-0.39, 0.29) is 23.7 Å². The molecule has 2 unspecified atom stereocenters. The highest BCUT2D eigenvalue weighted by Gasteiger charge is 2.35. The van der Waals surface area contributed by atoms with Gasteiger partial charge in [-0.05, 0) is 38.2 Å². The van der Waals surface area contributed by atoms with Gasteiger partial charge in [0.15, 0.2) is 5.78 Å². The van der Waals surface area contributed by atoms with E-state index >= 15 is 0 Å². The zero-order chi connectivity index (χ0) is 24.2. The van der Waals surface area contributed by atoms with Crippen LogP contribution in [0.1, 0.15) is 124 Å². The number of carbonyl (C=O) groups is 2. The van der Waals surface area contributed by atoms with Gasteiger partial charge in [-0.2, -0.15) is 0 Å². The minimum absolute atomic E-state index is 0.0733. The SMILES string of the molecule is CCCCCCC#CC1=CC(=O)C(CCCCCCC)C1OCCCCCC(=O)NCCC. The molecule has 0 heterocycles. The Kier molecular flexibility index (Phi) is 17.7. The third-order valence-electron chi connectivity index (χ3n) is 6.26. The molecule has 4 heteroatoms. The summed E-state index contributed by atoms with van der Waals surface area (Å²) in [5.41, 5.74) is 0.882. The van der Waals surface area contributed by atoms with Crippen LogP contribution in [0.15, 0.2) is 11.6 Å². The summed E-state index contributed by atoms with van der Waals surface area (Å²) in [5.74, 6) is 6.83. The van der Waals surface area contributed by atoms with E-state index in [1.54, 1.807) is 6.08 Å². The number of hydrogen-bond donors (Lipinski definition) is 1. The molecule has 1 rings (SSSR count). The number of hydrogen-bond acceptors (Lipinski definition) is 3. The lowest BCUT2D eigenvalue weighted by Crippen LogP contribution is -2.26. The topological polar surface area (TPSA) is 55.4 Å². The highest BCUT2D eigenvalue weighted by Crippen LogP contribution is 2.30.